The highest BCUT2D eigenvalue weighted by Gasteiger charge is 2.39. The van der Waals surface area contributed by atoms with Gasteiger partial charge in [0, 0.05) is 29.2 Å². The first-order valence-corrected chi connectivity index (χ1v) is 9.74. The molecule has 0 spiro atoms. The minimum Gasteiger partial charge on any atom is -0.496 e. The maximum absolute atomic E-state index is 13.1. The molecule has 0 N–H and O–H groups in total. The molecule has 140 valence electrons. The van der Waals surface area contributed by atoms with Crippen molar-refractivity contribution >= 4 is 27.5 Å². The average Bonchev–Trinajstić information content (AvgIpc) is 3.38. The first kappa shape index (κ1) is 18.0. The first-order valence-electron chi connectivity index (χ1n) is 8.95. The van der Waals surface area contributed by atoms with E-state index in [9.17, 15) is 4.79 Å². The minimum absolute atomic E-state index is 0.0209. The summed E-state index contributed by atoms with van der Waals surface area (Å²) < 4.78 is 6.49. The third-order valence-electron chi connectivity index (χ3n) is 4.99. The van der Waals surface area contributed by atoms with Crippen LogP contribution in [0.3, 0.4) is 0 Å². The Balaban J connectivity index is 1.52. The van der Waals surface area contributed by atoms with Gasteiger partial charge >= 0.3 is 0 Å². The van der Waals surface area contributed by atoms with Gasteiger partial charge in [-0.3, -0.25) is 9.78 Å². The predicted molar refractivity (Wildman–Crippen MR) is 105 cm³/mol. The lowest BCUT2D eigenvalue weighted by molar-refractivity contribution is -0.143. The number of carbonyl (C=O) groups is 1. The molecule has 1 aromatic carbocycles. The van der Waals surface area contributed by atoms with E-state index in [0.29, 0.717) is 18.7 Å². The molecule has 1 amide bonds. The molecule has 0 radical (unpaired) electrons. The van der Waals surface area contributed by atoms with Crippen LogP contribution in [0.1, 0.15) is 36.6 Å². The van der Waals surface area contributed by atoms with Gasteiger partial charge in [-0.2, -0.15) is 0 Å². The topological polar surface area (TPSA) is 64.0 Å². The summed E-state index contributed by atoms with van der Waals surface area (Å²) in [5, 5.41) is 4.10. The SMILES string of the molecule is COc1ccc(Br)cc1C1CCCN1C(=O)C1CC(c2ccccn2)=NO1. The summed E-state index contributed by atoms with van der Waals surface area (Å²) in [6, 6.07) is 11.5. The van der Waals surface area contributed by atoms with Crippen molar-refractivity contribution in [2.45, 2.75) is 31.4 Å². The number of aromatic nitrogens is 1. The highest BCUT2D eigenvalue weighted by molar-refractivity contribution is 9.10. The zero-order valence-corrected chi connectivity index (χ0v) is 16.6. The molecule has 0 bridgehead atoms. The smallest absolute Gasteiger partial charge is 0.267 e. The van der Waals surface area contributed by atoms with Crippen molar-refractivity contribution in [1.29, 1.82) is 0 Å². The van der Waals surface area contributed by atoms with Crippen LogP contribution in [0.4, 0.5) is 0 Å². The third kappa shape index (κ3) is 3.56. The lowest BCUT2D eigenvalue weighted by atomic mass is 10.0. The summed E-state index contributed by atoms with van der Waals surface area (Å²) in [5.74, 6) is 0.759. The largest absolute Gasteiger partial charge is 0.496 e. The Morgan fingerprint density at radius 3 is 3.00 bits per heavy atom. The zero-order valence-electron chi connectivity index (χ0n) is 15.0. The van der Waals surface area contributed by atoms with E-state index in [1.54, 1.807) is 13.3 Å². The number of nitrogens with zero attached hydrogens (tertiary/aromatic N) is 3. The molecule has 2 aliphatic rings. The van der Waals surface area contributed by atoms with Crippen molar-refractivity contribution in [3.8, 4) is 5.75 Å². The van der Waals surface area contributed by atoms with E-state index >= 15 is 0 Å². The number of carbonyl (C=O) groups excluding carboxylic acids is 1. The van der Waals surface area contributed by atoms with Gasteiger partial charge in [0.2, 0.25) is 6.10 Å². The zero-order chi connectivity index (χ0) is 18.8. The third-order valence-corrected chi connectivity index (χ3v) is 5.48. The van der Waals surface area contributed by atoms with Crippen LogP contribution in [0.2, 0.25) is 0 Å². The molecule has 4 rings (SSSR count). The summed E-state index contributed by atoms with van der Waals surface area (Å²) >= 11 is 3.52. The quantitative estimate of drug-likeness (QED) is 0.742. The normalized spacial score (nSPS) is 21.7. The van der Waals surface area contributed by atoms with Crippen LogP contribution >= 0.6 is 15.9 Å². The standard InChI is InChI=1S/C20H20BrN3O3/c1-26-18-8-7-13(21)11-14(18)17-6-4-10-24(17)20(25)19-12-16(23-27-19)15-5-2-3-9-22-15/h2-3,5,7-9,11,17,19H,4,6,10,12H2,1H3. The molecule has 2 unspecified atom stereocenters. The van der Waals surface area contributed by atoms with Crippen LogP contribution in [0.5, 0.6) is 5.75 Å². The highest BCUT2D eigenvalue weighted by atomic mass is 79.9. The van der Waals surface area contributed by atoms with E-state index in [1.165, 1.54) is 0 Å². The average molecular weight is 430 g/mol. The van der Waals surface area contributed by atoms with E-state index in [-0.39, 0.29) is 11.9 Å². The van der Waals surface area contributed by atoms with Crippen molar-refractivity contribution in [3.05, 3.63) is 58.3 Å². The van der Waals surface area contributed by atoms with Gasteiger partial charge in [-0.15, -0.1) is 0 Å². The number of rotatable bonds is 4. The fraction of sp³-hybridized carbons (Fsp3) is 0.350. The van der Waals surface area contributed by atoms with Gasteiger partial charge in [0.1, 0.15) is 11.5 Å². The van der Waals surface area contributed by atoms with Gasteiger partial charge in [-0.1, -0.05) is 27.2 Å². The second kappa shape index (κ2) is 7.68. The molecule has 2 aromatic rings. The Morgan fingerprint density at radius 2 is 2.22 bits per heavy atom. The number of oxime groups is 1. The van der Waals surface area contributed by atoms with Crippen molar-refractivity contribution in [3.63, 3.8) is 0 Å². The molecule has 1 saturated heterocycles. The molecule has 1 aromatic heterocycles. The Hall–Kier alpha value is -2.41. The van der Waals surface area contributed by atoms with E-state index < -0.39 is 6.10 Å². The number of amides is 1. The van der Waals surface area contributed by atoms with Gasteiger partial charge in [0.15, 0.2) is 0 Å². The second-order valence-electron chi connectivity index (χ2n) is 6.63. The van der Waals surface area contributed by atoms with Crippen LogP contribution in [-0.2, 0) is 9.63 Å². The summed E-state index contributed by atoms with van der Waals surface area (Å²) in [5.41, 5.74) is 2.48. The van der Waals surface area contributed by atoms with E-state index in [4.69, 9.17) is 9.57 Å². The Bertz CT molecular complexity index is 872. The van der Waals surface area contributed by atoms with Gasteiger partial charge in [0.05, 0.1) is 18.8 Å². The second-order valence-corrected chi connectivity index (χ2v) is 7.54. The number of ether oxygens (including phenoxy) is 1. The summed E-state index contributed by atoms with van der Waals surface area (Å²) in [7, 11) is 1.65. The van der Waals surface area contributed by atoms with Crippen LogP contribution in [-0.4, -0.2) is 41.3 Å². The molecular formula is C20H20BrN3O3. The van der Waals surface area contributed by atoms with E-state index in [2.05, 4.69) is 26.1 Å². The lowest BCUT2D eigenvalue weighted by Gasteiger charge is -2.28. The number of methoxy groups -OCH3 is 1. The molecule has 7 heteroatoms. The summed E-state index contributed by atoms with van der Waals surface area (Å²) in [6.45, 7) is 0.706. The minimum atomic E-state index is -0.597. The van der Waals surface area contributed by atoms with Gasteiger partial charge in [0.25, 0.3) is 5.91 Å². The van der Waals surface area contributed by atoms with E-state index in [1.807, 2.05) is 41.3 Å². The number of hydrogen-bond acceptors (Lipinski definition) is 5. The van der Waals surface area contributed by atoms with Crippen LogP contribution in [0.25, 0.3) is 0 Å². The number of hydrogen-bond donors (Lipinski definition) is 0. The Kier molecular flexibility index (Phi) is 5.11. The van der Waals surface area contributed by atoms with Crippen LogP contribution in [0.15, 0.2) is 52.2 Å². The lowest BCUT2D eigenvalue weighted by Crippen LogP contribution is -2.39. The molecule has 2 atom stereocenters. The molecule has 2 aliphatic heterocycles. The maximum Gasteiger partial charge on any atom is 0.267 e. The van der Waals surface area contributed by atoms with Crippen molar-refractivity contribution in [2.75, 3.05) is 13.7 Å². The first-order chi connectivity index (χ1) is 13.2. The fourth-order valence-corrected chi connectivity index (χ4v) is 4.08. The number of halogens is 1. The van der Waals surface area contributed by atoms with Crippen molar-refractivity contribution in [1.82, 2.24) is 9.88 Å². The molecule has 0 saturated carbocycles. The van der Waals surface area contributed by atoms with Gasteiger partial charge < -0.3 is 14.5 Å². The summed E-state index contributed by atoms with van der Waals surface area (Å²) in [6.07, 6.45) is 3.41. The fourth-order valence-electron chi connectivity index (χ4n) is 3.70. The van der Waals surface area contributed by atoms with Crippen molar-refractivity contribution < 1.29 is 14.4 Å². The maximum atomic E-state index is 13.1. The highest BCUT2D eigenvalue weighted by Crippen LogP contribution is 2.39. The summed E-state index contributed by atoms with van der Waals surface area (Å²) in [4.78, 5) is 24.8. The molecule has 3 heterocycles. The molecular weight excluding hydrogens is 410 g/mol. The van der Waals surface area contributed by atoms with Crippen molar-refractivity contribution in [2.24, 2.45) is 5.16 Å². The number of pyridine rings is 1. The predicted octanol–water partition coefficient (Wildman–Crippen LogP) is 3.71. The van der Waals surface area contributed by atoms with Crippen LogP contribution in [0, 0.1) is 0 Å². The van der Waals surface area contributed by atoms with Crippen LogP contribution < -0.4 is 4.74 Å². The Morgan fingerprint density at radius 1 is 1.33 bits per heavy atom. The monoisotopic (exact) mass is 429 g/mol. The number of benzene rings is 1. The van der Waals surface area contributed by atoms with E-state index in [0.717, 1.165) is 34.3 Å². The Labute approximate surface area is 166 Å². The molecule has 1 fully saturated rings. The van der Waals surface area contributed by atoms with Gasteiger partial charge in [-0.25, -0.2) is 0 Å². The molecule has 6 nitrogen and oxygen atoms in total. The molecule has 0 aliphatic carbocycles. The molecule has 27 heavy (non-hydrogen) atoms. The number of likely N-dealkylation sites (tertiary alicyclic amines) is 1. The van der Waals surface area contributed by atoms with Gasteiger partial charge in [-0.05, 0) is 43.2 Å².